The van der Waals surface area contributed by atoms with Crippen LogP contribution in [0.1, 0.15) is 53.9 Å². The van der Waals surface area contributed by atoms with Crippen molar-refractivity contribution in [2.24, 2.45) is 22.5 Å². The fourth-order valence-corrected chi connectivity index (χ4v) is 3.62. The highest BCUT2D eigenvalue weighted by atomic mass is 16.4. The Morgan fingerprint density at radius 2 is 1.87 bits per heavy atom. The molecule has 0 heterocycles. The zero-order valence-electron chi connectivity index (χ0n) is 15.1. The molecule has 1 unspecified atom stereocenters. The van der Waals surface area contributed by atoms with E-state index in [1.165, 1.54) is 12.8 Å². The summed E-state index contributed by atoms with van der Waals surface area (Å²) in [7, 11) is 0. The van der Waals surface area contributed by atoms with E-state index in [9.17, 15) is 9.59 Å². The fourth-order valence-electron chi connectivity index (χ4n) is 3.62. The van der Waals surface area contributed by atoms with E-state index in [4.69, 9.17) is 10.8 Å². The zero-order chi connectivity index (χ0) is 17.9. The van der Waals surface area contributed by atoms with Crippen LogP contribution in [0.4, 0.5) is 0 Å². The molecule has 1 fully saturated rings. The van der Waals surface area contributed by atoms with Crippen molar-refractivity contribution in [3.05, 3.63) is 12.2 Å². The Morgan fingerprint density at radius 3 is 2.30 bits per heavy atom. The van der Waals surface area contributed by atoms with Crippen LogP contribution in [-0.4, -0.2) is 35.5 Å². The van der Waals surface area contributed by atoms with Crippen LogP contribution < -0.4 is 11.1 Å². The molecule has 0 aromatic carbocycles. The highest BCUT2D eigenvalue weighted by Gasteiger charge is 2.45. The molecule has 0 saturated heterocycles. The van der Waals surface area contributed by atoms with E-state index < -0.39 is 17.6 Å². The third-order valence-electron chi connectivity index (χ3n) is 5.07. The monoisotopic (exact) mass is 324 g/mol. The molecule has 1 aliphatic rings. The van der Waals surface area contributed by atoms with Crippen LogP contribution >= 0.6 is 0 Å². The number of aliphatic carboxylic acids is 1. The van der Waals surface area contributed by atoms with E-state index in [2.05, 4.69) is 39.1 Å². The summed E-state index contributed by atoms with van der Waals surface area (Å²) < 4.78 is 0. The van der Waals surface area contributed by atoms with Crippen LogP contribution in [0.25, 0.3) is 0 Å². The molecule has 0 amide bonds. The molecule has 1 saturated carbocycles. The Balaban J connectivity index is 2.70. The predicted molar refractivity (Wildman–Crippen MR) is 92.1 cm³/mol. The zero-order valence-corrected chi connectivity index (χ0v) is 15.1. The van der Waals surface area contributed by atoms with Crippen LogP contribution in [-0.2, 0) is 9.59 Å². The molecular formula is C18H32N2O3. The van der Waals surface area contributed by atoms with E-state index in [0.29, 0.717) is 18.7 Å². The van der Waals surface area contributed by atoms with Gasteiger partial charge in [-0.2, -0.15) is 0 Å². The third-order valence-corrected chi connectivity index (χ3v) is 5.07. The molecule has 132 valence electrons. The molecule has 1 rings (SSSR count). The number of rotatable bonds is 8. The molecule has 4 N–H and O–H groups in total. The topological polar surface area (TPSA) is 92.4 Å². The summed E-state index contributed by atoms with van der Waals surface area (Å²) in [4.78, 5) is 21.6. The first-order valence-corrected chi connectivity index (χ1v) is 8.28. The summed E-state index contributed by atoms with van der Waals surface area (Å²) >= 11 is 0. The van der Waals surface area contributed by atoms with Crippen LogP contribution in [0.3, 0.4) is 0 Å². The second kappa shape index (κ2) is 7.14. The molecule has 0 aromatic rings. The number of carboxylic acids is 1. The molecule has 5 nitrogen and oxygen atoms in total. The summed E-state index contributed by atoms with van der Waals surface area (Å²) in [5.74, 6) is -0.558. The lowest BCUT2D eigenvalue weighted by molar-refractivity contribution is -0.138. The number of nitrogens with two attached hydrogens (primary N) is 1. The van der Waals surface area contributed by atoms with Crippen molar-refractivity contribution in [2.75, 3.05) is 6.54 Å². The second-order valence-electron chi connectivity index (χ2n) is 8.54. The molecule has 0 radical (unpaired) electrons. The first-order valence-electron chi connectivity index (χ1n) is 8.28. The number of allylic oxidation sites excluding steroid dienone is 1. The van der Waals surface area contributed by atoms with Gasteiger partial charge in [0.15, 0.2) is 0 Å². The molecule has 0 aromatic heterocycles. The molecule has 0 bridgehead atoms. The number of carboxylic acid groups (broad SMARTS) is 1. The van der Waals surface area contributed by atoms with Gasteiger partial charge in [-0.3, -0.25) is 4.79 Å². The third kappa shape index (κ3) is 5.74. The minimum absolute atomic E-state index is 0.230. The average molecular weight is 324 g/mol. The number of hydrogen-bond donors (Lipinski definition) is 3. The number of nitrogens with one attached hydrogen (secondary N) is 1. The van der Waals surface area contributed by atoms with E-state index in [-0.39, 0.29) is 17.3 Å². The van der Waals surface area contributed by atoms with Crippen molar-refractivity contribution >= 4 is 12.3 Å². The van der Waals surface area contributed by atoms with Gasteiger partial charge < -0.3 is 21.0 Å². The largest absolute Gasteiger partial charge is 0.481 e. The Morgan fingerprint density at radius 1 is 1.35 bits per heavy atom. The number of hydrogen-bond acceptors (Lipinski definition) is 4. The highest BCUT2D eigenvalue weighted by molar-refractivity contribution is 5.73. The standard InChI is InChI=1S/C18H32N2O3/c1-16(2)8-9-17(3,4)14(16)6-7-18(5,19)12-20-13(11-21)10-15(22)23/h6-7,11,13-14,20H,8-10,12,19H2,1-5H3,(H,22,23)/t13-,18?/m0/s1. The number of carbonyl (C=O) groups excluding carboxylic acids is 1. The quantitative estimate of drug-likeness (QED) is 0.471. The van der Waals surface area contributed by atoms with Gasteiger partial charge in [0, 0.05) is 12.1 Å². The van der Waals surface area contributed by atoms with Gasteiger partial charge in [-0.25, -0.2) is 0 Å². The smallest absolute Gasteiger partial charge is 0.305 e. The molecule has 1 aliphatic carbocycles. The van der Waals surface area contributed by atoms with Crippen molar-refractivity contribution in [3.8, 4) is 0 Å². The van der Waals surface area contributed by atoms with Gasteiger partial charge in [0.2, 0.25) is 0 Å². The van der Waals surface area contributed by atoms with Crippen LogP contribution in [0.15, 0.2) is 12.2 Å². The van der Waals surface area contributed by atoms with Crippen molar-refractivity contribution < 1.29 is 14.7 Å². The molecule has 23 heavy (non-hydrogen) atoms. The maximum absolute atomic E-state index is 10.9. The Bertz CT molecular complexity index is 451. The summed E-state index contributed by atoms with van der Waals surface area (Å²) in [6.45, 7) is 11.4. The van der Waals surface area contributed by atoms with Gasteiger partial charge in [-0.15, -0.1) is 0 Å². The van der Waals surface area contributed by atoms with Gasteiger partial charge in [-0.1, -0.05) is 39.8 Å². The molecule has 0 aliphatic heterocycles. The maximum Gasteiger partial charge on any atom is 0.305 e. The van der Waals surface area contributed by atoms with Crippen molar-refractivity contribution in [1.29, 1.82) is 0 Å². The molecule has 5 heteroatoms. The van der Waals surface area contributed by atoms with Crippen molar-refractivity contribution in [1.82, 2.24) is 5.32 Å². The van der Waals surface area contributed by atoms with Gasteiger partial charge in [0.25, 0.3) is 0 Å². The van der Waals surface area contributed by atoms with E-state index in [0.717, 1.165) is 0 Å². The van der Waals surface area contributed by atoms with Crippen LogP contribution in [0.5, 0.6) is 0 Å². The summed E-state index contributed by atoms with van der Waals surface area (Å²) in [6, 6.07) is -0.705. The molecular weight excluding hydrogens is 292 g/mol. The van der Waals surface area contributed by atoms with Gasteiger partial charge in [-0.05, 0) is 36.5 Å². The average Bonchev–Trinajstić information content (AvgIpc) is 2.61. The SMILES string of the molecule is CC(N)(C=CC1C(C)(C)CCC1(C)C)CN[C@H](C=O)CC(=O)O. The lowest BCUT2D eigenvalue weighted by atomic mass is 9.72. The number of aldehydes is 1. The predicted octanol–water partition coefficient (Wildman–Crippen LogP) is 2.35. The fraction of sp³-hybridized carbons (Fsp3) is 0.778. The lowest BCUT2D eigenvalue weighted by Crippen LogP contribution is -2.48. The molecule has 2 atom stereocenters. The van der Waals surface area contributed by atoms with Crippen LogP contribution in [0.2, 0.25) is 0 Å². The minimum Gasteiger partial charge on any atom is -0.481 e. The minimum atomic E-state index is -1.00. The van der Waals surface area contributed by atoms with Gasteiger partial charge in [0.1, 0.15) is 6.29 Å². The van der Waals surface area contributed by atoms with Crippen molar-refractivity contribution in [3.63, 3.8) is 0 Å². The Kier molecular flexibility index (Phi) is 6.16. The van der Waals surface area contributed by atoms with E-state index in [1.54, 1.807) is 0 Å². The van der Waals surface area contributed by atoms with Gasteiger partial charge >= 0.3 is 5.97 Å². The normalized spacial score (nSPS) is 24.4. The van der Waals surface area contributed by atoms with E-state index >= 15 is 0 Å². The maximum atomic E-state index is 10.9. The first-order chi connectivity index (χ1) is 10.4. The summed E-state index contributed by atoms with van der Waals surface area (Å²) in [5.41, 5.74) is 6.16. The van der Waals surface area contributed by atoms with E-state index in [1.807, 2.05) is 13.0 Å². The Hall–Kier alpha value is -1.20. The summed E-state index contributed by atoms with van der Waals surface area (Å²) in [5, 5.41) is 11.7. The lowest BCUT2D eigenvalue weighted by Gasteiger charge is -2.34. The van der Waals surface area contributed by atoms with Gasteiger partial charge in [0.05, 0.1) is 12.5 Å². The van der Waals surface area contributed by atoms with Crippen LogP contribution in [0, 0.1) is 16.7 Å². The molecule has 0 spiro atoms. The Labute approximate surface area is 139 Å². The van der Waals surface area contributed by atoms with Crippen molar-refractivity contribution in [2.45, 2.75) is 65.5 Å². The first kappa shape index (κ1) is 19.8. The highest BCUT2D eigenvalue weighted by Crippen LogP contribution is 2.54. The summed E-state index contributed by atoms with van der Waals surface area (Å²) in [6.07, 6.45) is 6.99. The second-order valence-corrected chi connectivity index (χ2v) is 8.54. The number of carbonyl (C=O) groups is 2.